The molecule has 11 nitrogen and oxygen atoms in total. The highest BCUT2D eigenvalue weighted by atomic mass is 17.2. The summed E-state index contributed by atoms with van der Waals surface area (Å²) in [6.07, 6.45) is 0.573. The maximum atomic E-state index is 13.9. The summed E-state index contributed by atoms with van der Waals surface area (Å²) in [5.74, 6) is -1.05. The highest BCUT2D eigenvalue weighted by molar-refractivity contribution is 6.13. The van der Waals surface area contributed by atoms with Crippen LogP contribution >= 0.6 is 0 Å². The lowest BCUT2D eigenvalue weighted by molar-refractivity contribution is -0.348. The van der Waals surface area contributed by atoms with Gasteiger partial charge in [0.25, 0.3) is 0 Å². The SMILES string of the molecule is COCOc1cc(OCOC)c(C2CCCOO2)c(C(=O)c2ccc(C(=O)O)cc2)c1OCOC. The van der Waals surface area contributed by atoms with Crippen molar-refractivity contribution in [2.75, 3.05) is 48.3 Å². The summed E-state index contributed by atoms with van der Waals surface area (Å²) in [6.45, 7) is -0.00599. The van der Waals surface area contributed by atoms with Crippen molar-refractivity contribution in [1.29, 1.82) is 0 Å². The van der Waals surface area contributed by atoms with Gasteiger partial charge >= 0.3 is 5.97 Å². The zero-order valence-electron chi connectivity index (χ0n) is 19.7. The molecule has 0 spiro atoms. The number of carboxylic acids is 1. The van der Waals surface area contributed by atoms with Crippen molar-refractivity contribution in [1.82, 2.24) is 0 Å². The second kappa shape index (κ2) is 13.0. The van der Waals surface area contributed by atoms with Gasteiger partial charge in [-0.1, -0.05) is 12.1 Å². The Bertz CT molecular complexity index is 998. The van der Waals surface area contributed by atoms with Crippen molar-refractivity contribution in [3.8, 4) is 17.2 Å². The van der Waals surface area contributed by atoms with Gasteiger partial charge in [0.2, 0.25) is 0 Å². The Morgan fingerprint density at radius 3 is 2.09 bits per heavy atom. The van der Waals surface area contributed by atoms with Crippen LogP contribution in [0.25, 0.3) is 0 Å². The molecule has 190 valence electrons. The Labute approximate surface area is 202 Å². The van der Waals surface area contributed by atoms with Gasteiger partial charge in [-0.3, -0.25) is 4.79 Å². The standard InChI is InChI=1S/C24H28O11/c1-28-12-31-18-11-19(32-13-29-2)23(33-14-30-3)21(20(18)17-5-4-10-34-35-17)22(25)15-6-8-16(9-7-15)24(26)27/h6-9,11,17H,4-5,10,12-14H2,1-3H3,(H,26,27). The summed E-state index contributed by atoms with van der Waals surface area (Å²) in [6, 6.07) is 7.09. The van der Waals surface area contributed by atoms with Gasteiger partial charge in [-0.2, -0.15) is 0 Å². The summed E-state index contributed by atoms with van der Waals surface area (Å²) in [4.78, 5) is 35.9. The Balaban J connectivity index is 2.24. The molecule has 0 saturated carbocycles. The highest BCUT2D eigenvalue weighted by Crippen LogP contribution is 2.46. The van der Waals surface area contributed by atoms with Crippen LogP contribution in [0.4, 0.5) is 0 Å². The molecular formula is C24H28O11. The van der Waals surface area contributed by atoms with Crippen LogP contribution in [0.15, 0.2) is 30.3 Å². The van der Waals surface area contributed by atoms with Crippen molar-refractivity contribution in [3.63, 3.8) is 0 Å². The van der Waals surface area contributed by atoms with E-state index in [1.54, 1.807) is 6.07 Å². The lowest BCUT2D eigenvalue weighted by Crippen LogP contribution is -2.20. The molecule has 2 aromatic rings. The Hall–Kier alpha value is -3.22. The molecule has 2 aromatic carbocycles. The Morgan fingerprint density at radius 2 is 1.51 bits per heavy atom. The van der Waals surface area contributed by atoms with Crippen LogP contribution in [0.1, 0.15) is 50.8 Å². The molecule has 0 aliphatic carbocycles. The number of ketones is 1. The molecule has 1 atom stereocenters. The third-order valence-corrected chi connectivity index (χ3v) is 5.05. The minimum atomic E-state index is -1.10. The van der Waals surface area contributed by atoms with E-state index >= 15 is 0 Å². The third-order valence-electron chi connectivity index (χ3n) is 5.05. The van der Waals surface area contributed by atoms with E-state index in [0.29, 0.717) is 25.0 Å². The molecule has 3 rings (SSSR count). The maximum Gasteiger partial charge on any atom is 0.335 e. The number of aromatic carboxylic acids is 1. The second-order valence-corrected chi connectivity index (χ2v) is 7.40. The van der Waals surface area contributed by atoms with Crippen molar-refractivity contribution in [2.45, 2.75) is 18.9 Å². The second-order valence-electron chi connectivity index (χ2n) is 7.40. The molecule has 0 amide bonds. The van der Waals surface area contributed by atoms with Crippen molar-refractivity contribution in [2.24, 2.45) is 0 Å². The van der Waals surface area contributed by atoms with Gasteiger partial charge in [0.05, 0.1) is 17.7 Å². The van der Waals surface area contributed by atoms with Gasteiger partial charge in [0, 0.05) is 38.5 Å². The first-order chi connectivity index (χ1) is 17.0. The lowest BCUT2D eigenvalue weighted by atomic mass is 9.90. The Morgan fingerprint density at radius 1 is 0.914 bits per heavy atom. The van der Waals surface area contributed by atoms with Gasteiger partial charge in [0.15, 0.2) is 37.7 Å². The van der Waals surface area contributed by atoms with Crippen molar-refractivity contribution >= 4 is 11.8 Å². The molecule has 1 N–H and O–H groups in total. The molecule has 11 heteroatoms. The fourth-order valence-corrected chi connectivity index (χ4v) is 3.52. The van der Waals surface area contributed by atoms with E-state index in [9.17, 15) is 14.7 Å². The van der Waals surface area contributed by atoms with Gasteiger partial charge < -0.3 is 33.5 Å². The number of carboxylic acid groups (broad SMARTS) is 1. The van der Waals surface area contributed by atoms with Gasteiger partial charge in [-0.05, 0) is 25.0 Å². The number of rotatable bonds is 13. The number of carbonyl (C=O) groups excluding carboxylic acids is 1. The number of hydrogen-bond donors (Lipinski definition) is 1. The number of benzene rings is 2. The van der Waals surface area contributed by atoms with Crippen molar-refractivity contribution < 1.29 is 52.9 Å². The minimum absolute atomic E-state index is 0.0444. The summed E-state index contributed by atoms with van der Waals surface area (Å²) >= 11 is 0. The molecular weight excluding hydrogens is 464 g/mol. The molecule has 0 bridgehead atoms. The molecule has 1 fully saturated rings. The van der Waals surface area contributed by atoms with Gasteiger partial charge in [0.1, 0.15) is 11.9 Å². The van der Waals surface area contributed by atoms with Crippen LogP contribution in [-0.4, -0.2) is 65.2 Å². The van der Waals surface area contributed by atoms with E-state index < -0.39 is 17.9 Å². The van der Waals surface area contributed by atoms with Crippen molar-refractivity contribution in [3.05, 3.63) is 52.6 Å². The monoisotopic (exact) mass is 492 g/mol. The smallest absolute Gasteiger partial charge is 0.335 e. The molecule has 1 heterocycles. The van der Waals surface area contributed by atoms with Crippen LogP contribution in [0.3, 0.4) is 0 Å². The summed E-state index contributed by atoms with van der Waals surface area (Å²) in [5.41, 5.74) is 0.741. The number of carbonyl (C=O) groups is 2. The number of ether oxygens (including phenoxy) is 6. The molecule has 1 aliphatic rings. The topological polar surface area (TPSA) is 128 Å². The van der Waals surface area contributed by atoms with Crippen LogP contribution in [0.5, 0.6) is 17.2 Å². The lowest BCUT2D eigenvalue weighted by Gasteiger charge is -2.27. The van der Waals surface area contributed by atoms with Crippen LogP contribution < -0.4 is 14.2 Å². The zero-order chi connectivity index (χ0) is 25.2. The maximum absolute atomic E-state index is 13.9. The zero-order valence-corrected chi connectivity index (χ0v) is 19.7. The van der Waals surface area contributed by atoms with Crippen LogP contribution in [-0.2, 0) is 24.0 Å². The largest absolute Gasteiger partial charge is 0.478 e. The van der Waals surface area contributed by atoms with E-state index in [2.05, 4.69) is 0 Å². The quantitative estimate of drug-likeness (QED) is 0.251. The van der Waals surface area contributed by atoms with Gasteiger partial charge in [-0.25, -0.2) is 14.6 Å². The van der Waals surface area contributed by atoms with Crippen LogP contribution in [0, 0.1) is 0 Å². The molecule has 0 radical (unpaired) electrons. The fourth-order valence-electron chi connectivity index (χ4n) is 3.52. The summed E-state index contributed by atoms with van der Waals surface area (Å²) in [5, 5.41) is 9.22. The highest BCUT2D eigenvalue weighted by Gasteiger charge is 2.34. The third kappa shape index (κ3) is 6.47. The first-order valence-electron chi connectivity index (χ1n) is 10.7. The summed E-state index contributed by atoms with van der Waals surface area (Å²) < 4.78 is 32.5. The van der Waals surface area contributed by atoms with Crippen LogP contribution in [0.2, 0.25) is 0 Å². The predicted octanol–water partition coefficient (Wildman–Crippen LogP) is 3.35. The molecule has 35 heavy (non-hydrogen) atoms. The first-order valence-corrected chi connectivity index (χ1v) is 10.7. The number of hydrogen-bond acceptors (Lipinski definition) is 10. The minimum Gasteiger partial charge on any atom is -0.478 e. The molecule has 1 aliphatic heterocycles. The average molecular weight is 492 g/mol. The predicted molar refractivity (Wildman–Crippen MR) is 120 cm³/mol. The normalized spacial score (nSPS) is 15.5. The van der Waals surface area contributed by atoms with E-state index in [1.165, 1.54) is 45.6 Å². The molecule has 0 aromatic heterocycles. The first kappa shape index (κ1) is 26.4. The van der Waals surface area contributed by atoms with E-state index in [-0.39, 0.29) is 54.3 Å². The van der Waals surface area contributed by atoms with E-state index in [1.807, 2.05) is 0 Å². The fraction of sp³-hybridized carbons (Fsp3) is 0.417. The molecule has 1 unspecified atom stereocenters. The van der Waals surface area contributed by atoms with Gasteiger partial charge in [-0.15, -0.1) is 0 Å². The Kier molecular flexibility index (Phi) is 9.82. The average Bonchev–Trinajstić information content (AvgIpc) is 2.89. The van der Waals surface area contributed by atoms with E-state index in [0.717, 1.165) is 0 Å². The molecule has 1 saturated heterocycles. The number of methoxy groups -OCH3 is 3. The van der Waals surface area contributed by atoms with E-state index in [4.69, 9.17) is 38.2 Å². The summed E-state index contributed by atoms with van der Waals surface area (Å²) in [7, 11) is 4.36.